The maximum atomic E-state index is 13.0. The van der Waals surface area contributed by atoms with Gasteiger partial charge in [0, 0.05) is 5.70 Å². The standard InChI is InChI=1S/C23H28N2O2/c1-15(2)19-9-7-8-10-22(19)27-12-11-24-20-13-17(5)18(6)14-21(20)25(16(3)4)23(24)26/h7-10,13-15H,3,11-12H2,1-2,4-6H3. The van der Waals surface area contributed by atoms with Crippen LogP contribution in [0.5, 0.6) is 5.75 Å². The lowest BCUT2D eigenvalue weighted by molar-refractivity contribution is 0.294. The predicted octanol–water partition coefficient (Wildman–Crippen LogP) is 5.11. The highest BCUT2D eigenvalue weighted by molar-refractivity contribution is 5.81. The fourth-order valence-corrected chi connectivity index (χ4v) is 3.43. The van der Waals surface area contributed by atoms with Crippen LogP contribution in [0.3, 0.4) is 0 Å². The zero-order chi connectivity index (χ0) is 19.7. The van der Waals surface area contributed by atoms with Crippen LogP contribution in [0.15, 0.2) is 47.8 Å². The quantitative estimate of drug-likeness (QED) is 0.609. The number of ether oxygens (including phenoxy) is 1. The van der Waals surface area contributed by atoms with E-state index >= 15 is 0 Å². The summed E-state index contributed by atoms with van der Waals surface area (Å²) in [4.78, 5) is 13.0. The summed E-state index contributed by atoms with van der Waals surface area (Å²) in [5.74, 6) is 1.27. The van der Waals surface area contributed by atoms with Gasteiger partial charge in [0.15, 0.2) is 0 Å². The Hall–Kier alpha value is -2.75. The van der Waals surface area contributed by atoms with Crippen molar-refractivity contribution in [3.05, 3.63) is 70.2 Å². The zero-order valence-electron chi connectivity index (χ0n) is 16.9. The first-order chi connectivity index (χ1) is 12.8. The zero-order valence-corrected chi connectivity index (χ0v) is 16.9. The maximum Gasteiger partial charge on any atom is 0.333 e. The van der Waals surface area contributed by atoms with Gasteiger partial charge in [0.2, 0.25) is 0 Å². The molecule has 0 aliphatic carbocycles. The minimum absolute atomic E-state index is 0.0664. The van der Waals surface area contributed by atoms with Crippen LogP contribution in [0.25, 0.3) is 16.7 Å². The molecular weight excluding hydrogens is 336 g/mol. The molecule has 27 heavy (non-hydrogen) atoms. The summed E-state index contributed by atoms with van der Waals surface area (Å²) in [6.07, 6.45) is 0. The van der Waals surface area contributed by atoms with Crippen LogP contribution in [-0.2, 0) is 6.54 Å². The van der Waals surface area contributed by atoms with Crippen LogP contribution in [0.1, 0.15) is 43.4 Å². The Balaban J connectivity index is 1.94. The molecule has 0 fully saturated rings. The number of benzene rings is 2. The fraction of sp³-hybridized carbons (Fsp3) is 0.348. The molecule has 3 aromatic rings. The van der Waals surface area contributed by atoms with Gasteiger partial charge >= 0.3 is 5.69 Å². The van der Waals surface area contributed by atoms with Crippen LogP contribution in [0.4, 0.5) is 0 Å². The Bertz CT molecular complexity index is 1050. The minimum Gasteiger partial charge on any atom is -0.491 e. The van der Waals surface area contributed by atoms with Crippen molar-refractivity contribution in [3.8, 4) is 5.75 Å². The predicted molar refractivity (Wildman–Crippen MR) is 113 cm³/mol. The number of fused-ring (bicyclic) bond motifs is 1. The molecule has 0 amide bonds. The topological polar surface area (TPSA) is 36.2 Å². The second-order valence-electron chi connectivity index (χ2n) is 7.47. The summed E-state index contributed by atoms with van der Waals surface area (Å²) in [6.45, 7) is 15.2. The lowest BCUT2D eigenvalue weighted by atomic mass is 10.0. The lowest BCUT2D eigenvalue weighted by Gasteiger charge is -2.14. The molecule has 1 heterocycles. The average Bonchev–Trinajstić information content (AvgIpc) is 2.87. The third-order valence-electron chi connectivity index (χ3n) is 5.04. The van der Waals surface area contributed by atoms with E-state index in [0.717, 1.165) is 28.0 Å². The van der Waals surface area contributed by atoms with Gasteiger partial charge in [0.05, 0.1) is 17.6 Å². The second kappa shape index (κ2) is 7.47. The summed E-state index contributed by atoms with van der Waals surface area (Å²) in [7, 11) is 0. The largest absolute Gasteiger partial charge is 0.491 e. The number of imidazole rings is 1. The molecule has 0 N–H and O–H groups in total. The fourth-order valence-electron chi connectivity index (χ4n) is 3.43. The smallest absolute Gasteiger partial charge is 0.333 e. The number of allylic oxidation sites excluding steroid dienone is 1. The van der Waals surface area contributed by atoms with E-state index in [1.165, 1.54) is 11.1 Å². The van der Waals surface area contributed by atoms with E-state index in [0.29, 0.717) is 19.1 Å². The molecule has 0 aliphatic heterocycles. The average molecular weight is 364 g/mol. The van der Waals surface area contributed by atoms with Crippen molar-refractivity contribution in [1.29, 1.82) is 0 Å². The molecule has 0 atom stereocenters. The SMILES string of the molecule is C=C(C)n1c(=O)n(CCOc2ccccc2C(C)C)c2cc(C)c(C)cc21. The number of aryl methyl sites for hydroxylation is 2. The summed E-state index contributed by atoms with van der Waals surface area (Å²) in [5, 5.41) is 0. The highest BCUT2D eigenvalue weighted by Crippen LogP contribution is 2.26. The Morgan fingerprint density at radius 1 is 1.11 bits per heavy atom. The molecule has 0 bridgehead atoms. The Morgan fingerprint density at radius 2 is 1.74 bits per heavy atom. The van der Waals surface area contributed by atoms with Gasteiger partial charge in [-0.2, -0.15) is 0 Å². The van der Waals surface area contributed by atoms with E-state index in [2.05, 4.69) is 52.5 Å². The molecule has 142 valence electrons. The van der Waals surface area contributed by atoms with Gasteiger partial charge in [-0.15, -0.1) is 0 Å². The van der Waals surface area contributed by atoms with Gasteiger partial charge in [-0.05, 0) is 61.6 Å². The minimum atomic E-state index is -0.0664. The van der Waals surface area contributed by atoms with Crippen molar-refractivity contribution >= 4 is 16.7 Å². The number of hydrogen-bond acceptors (Lipinski definition) is 2. The molecule has 0 saturated carbocycles. The Kier molecular flexibility index (Phi) is 5.26. The molecule has 4 nitrogen and oxygen atoms in total. The van der Waals surface area contributed by atoms with Crippen LogP contribution in [-0.4, -0.2) is 15.7 Å². The molecule has 0 aliphatic rings. The van der Waals surface area contributed by atoms with Gasteiger partial charge in [0.25, 0.3) is 0 Å². The van der Waals surface area contributed by atoms with Gasteiger partial charge in [0.1, 0.15) is 12.4 Å². The van der Waals surface area contributed by atoms with E-state index < -0.39 is 0 Å². The summed E-state index contributed by atoms with van der Waals surface area (Å²) in [5.41, 5.74) is 5.99. The van der Waals surface area contributed by atoms with Crippen molar-refractivity contribution in [1.82, 2.24) is 9.13 Å². The van der Waals surface area contributed by atoms with E-state index in [-0.39, 0.29) is 5.69 Å². The third kappa shape index (κ3) is 3.57. The van der Waals surface area contributed by atoms with Crippen molar-refractivity contribution in [2.75, 3.05) is 6.61 Å². The monoisotopic (exact) mass is 364 g/mol. The van der Waals surface area contributed by atoms with Crippen molar-refractivity contribution in [3.63, 3.8) is 0 Å². The first-order valence-electron chi connectivity index (χ1n) is 9.41. The number of rotatable bonds is 6. The van der Waals surface area contributed by atoms with Crippen molar-refractivity contribution in [2.24, 2.45) is 0 Å². The Labute approximate surface area is 160 Å². The van der Waals surface area contributed by atoms with E-state index in [9.17, 15) is 4.79 Å². The number of nitrogens with zero attached hydrogens (tertiary/aromatic N) is 2. The molecular formula is C23H28N2O2. The molecule has 0 spiro atoms. The first-order valence-corrected chi connectivity index (χ1v) is 9.41. The highest BCUT2D eigenvalue weighted by Gasteiger charge is 2.15. The van der Waals surface area contributed by atoms with Crippen LogP contribution < -0.4 is 10.4 Å². The van der Waals surface area contributed by atoms with Gasteiger partial charge in [-0.25, -0.2) is 4.79 Å². The number of aromatic nitrogens is 2. The second-order valence-corrected chi connectivity index (χ2v) is 7.47. The van der Waals surface area contributed by atoms with Crippen LogP contribution in [0, 0.1) is 13.8 Å². The van der Waals surface area contributed by atoms with Gasteiger partial charge in [-0.3, -0.25) is 9.13 Å². The Morgan fingerprint density at radius 3 is 2.37 bits per heavy atom. The summed E-state index contributed by atoms with van der Waals surface area (Å²) < 4.78 is 9.51. The molecule has 0 radical (unpaired) electrons. The van der Waals surface area contributed by atoms with Crippen molar-refractivity contribution in [2.45, 2.75) is 47.1 Å². The highest BCUT2D eigenvalue weighted by atomic mass is 16.5. The summed E-state index contributed by atoms with van der Waals surface area (Å²) in [6, 6.07) is 12.2. The molecule has 3 rings (SSSR count). The lowest BCUT2D eigenvalue weighted by Crippen LogP contribution is -2.25. The summed E-state index contributed by atoms with van der Waals surface area (Å²) >= 11 is 0. The third-order valence-corrected chi connectivity index (χ3v) is 5.04. The van der Waals surface area contributed by atoms with Gasteiger partial charge in [-0.1, -0.05) is 38.6 Å². The van der Waals surface area contributed by atoms with E-state index in [4.69, 9.17) is 4.74 Å². The molecule has 0 unspecified atom stereocenters. The molecule has 4 heteroatoms. The normalized spacial score (nSPS) is 11.3. The van der Waals surface area contributed by atoms with Crippen LogP contribution >= 0.6 is 0 Å². The van der Waals surface area contributed by atoms with E-state index in [1.807, 2.05) is 25.1 Å². The van der Waals surface area contributed by atoms with Crippen molar-refractivity contribution < 1.29 is 4.74 Å². The number of para-hydroxylation sites is 1. The molecule has 0 saturated heterocycles. The molecule has 1 aromatic heterocycles. The van der Waals surface area contributed by atoms with Gasteiger partial charge < -0.3 is 4.74 Å². The molecule has 2 aromatic carbocycles. The van der Waals surface area contributed by atoms with E-state index in [1.54, 1.807) is 9.13 Å². The maximum absolute atomic E-state index is 13.0. The van der Waals surface area contributed by atoms with Crippen LogP contribution in [0.2, 0.25) is 0 Å². The first kappa shape index (κ1) is 19.0. The number of hydrogen-bond donors (Lipinski definition) is 0.